The minimum Gasteiger partial charge on any atom is -0.512 e. The first-order valence-electron chi connectivity index (χ1n) is 9.05. The smallest absolute Gasteiger partial charge is 0.221 e. The molecule has 0 saturated heterocycles. The summed E-state index contributed by atoms with van der Waals surface area (Å²) in [4.78, 5) is 1.20. The molecule has 0 amide bonds. The third-order valence-corrected chi connectivity index (χ3v) is 6.37. The van der Waals surface area contributed by atoms with Crippen molar-refractivity contribution >= 4 is 17.0 Å². The van der Waals surface area contributed by atoms with E-state index >= 15 is 0 Å². The molecular weight excluding hydrogens is 344 g/mol. The maximum absolute atomic E-state index is 10.5. The van der Waals surface area contributed by atoms with Crippen LogP contribution in [0.1, 0.15) is 49.6 Å². The molecule has 1 spiro atoms. The van der Waals surface area contributed by atoms with Crippen LogP contribution in [0.15, 0.2) is 58.7 Å². The van der Waals surface area contributed by atoms with Crippen LogP contribution in [0.5, 0.6) is 5.75 Å². The lowest BCUT2D eigenvalue weighted by atomic mass is 9.75. The summed E-state index contributed by atoms with van der Waals surface area (Å²) in [5.41, 5.74) is 1.48. The predicted octanol–water partition coefficient (Wildman–Crippen LogP) is 5.25. The molecular formula is C21H22N2O2S. The summed E-state index contributed by atoms with van der Waals surface area (Å²) >= 11 is 1.72. The second kappa shape index (κ2) is 5.36. The van der Waals surface area contributed by atoms with Crippen LogP contribution in [-0.4, -0.2) is 21.6 Å². The van der Waals surface area contributed by atoms with E-state index in [0.29, 0.717) is 12.2 Å². The number of para-hydroxylation sites is 1. The number of hydrazone groups is 1. The van der Waals surface area contributed by atoms with Gasteiger partial charge in [-0.25, -0.2) is 5.01 Å². The first-order chi connectivity index (χ1) is 12.5. The van der Waals surface area contributed by atoms with Gasteiger partial charge in [-0.2, -0.15) is 5.10 Å². The average Bonchev–Trinajstić information content (AvgIpc) is 3.23. The molecule has 2 atom stereocenters. The van der Waals surface area contributed by atoms with Gasteiger partial charge in [0, 0.05) is 30.9 Å². The Morgan fingerprint density at radius 1 is 1.23 bits per heavy atom. The fourth-order valence-corrected chi connectivity index (χ4v) is 5.31. The van der Waals surface area contributed by atoms with Crippen molar-refractivity contribution in [3.8, 4) is 5.75 Å². The average molecular weight is 366 g/mol. The zero-order valence-electron chi connectivity index (χ0n) is 15.0. The van der Waals surface area contributed by atoms with Crippen molar-refractivity contribution in [2.24, 2.45) is 10.5 Å². The maximum Gasteiger partial charge on any atom is 0.221 e. The number of nitrogens with zero attached hydrogens (tertiary/aromatic N) is 2. The Hall–Kier alpha value is -2.27. The minimum absolute atomic E-state index is 0.0587. The first kappa shape index (κ1) is 15.9. The largest absolute Gasteiger partial charge is 0.512 e. The predicted molar refractivity (Wildman–Crippen MR) is 104 cm³/mol. The van der Waals surface area contributed by atoms with E-state index in [4.69, 9.17) is 9.84 Å². The summed E-state index contributed by atoms with van der Waals surface area (Å²) in [5.74, 6) is 1.29. The molecule has 5 heteroatoms. The van der Waals surface area contributed by atoms with Crippen molar-refractivity contribution in [1.29, 1.82) is 0 Å². The number of allylic oxidation sites excluding steroid dienone is 1. The Bertz CT molecular complexity index is 916. The molecule has 1 N–H and O–H groups in total. The molecule has 1 aromatic heterocycles. The topological polar surface area (TPSA) is 45.1 Å². The molecule has 0 bridgehead atoms. The second-order valence-electron chi connectivity index (χ2n) is 8.23. The molecule has 3 heterocycles. The Morgan fingerprint density at radius 3 is 2.85 bits per heavy atom. The van der Waals surface area contributed by atoms with Crippen LogP contribution in [0, 0.1) is 5.41 Å². The molecule has 0 radical (unpaired) electrons. The SMILES string of the molecule is CC1(C)CC(O)=CC2(C1)Oc1ccccc1C1CC(c3cccs3)=NN12. The molecule has 0 saturated carbocycles. The van der Waals surface area contributed by atoms with Crippen molar-refractivity contribution in [2.75, 3.05) is 0 Å². The van der Waals surface area contributed by atoms with Crippen LogP contribution < -0.4 is 4.74 Å². The van der Waals surface area contributed by atoms with Crippen molar-refractivity contribution in [3.05, 3.63) is 64.1 Å². The number of aliphatic hydroxyl groups is 1. The summed E-state index contributed by atoms with van der Waals surface area (Å²) < 4.78 is 6.53. The highest BCUT2D eigenvalue weighted by Gasteiger charge is 2.53. The van der Waals surface area contributed by atoms with E-state index in [2.05, 4.69) is 48.5 Å². The summed E-state index contributed by atoms with van der Waals surface area (Å²) in [7, 11) is 0. The van der Waals surface area contributed by atoms with Crippen molar-refractivity contribution in [1.82, 2.24) is 5.01 Å². The molecule has 5 rings (SSSR count). The van der Waals surface area contributed by atoms with Crippen LogP contribution >= 0.6 is 11.3 Å². The van der Waals surface area contributed by atoms with Gasteiger partial charge in [-0.1, -0.05) is 38.1 Å². The molecule has 2 aliphatic heterocycles. The van der Waals surface area contributed by atoms with E-state index in [1.165, 1.54) is 10.4 Å². The van der Waals surface area contributed by atoms with Gasteiger partial charge in [-0.3, -0.25) is 0 Å². The molecule has 1 aliphatic carbocycles. The van der Waals surface area contributed by atoms with Crippen LogP contribution in [0.25, 0.3) is 0 Å². The molecule has 26 heavy (non-hydrogen) atoms. The highest BCUT2D eigenvalue weighted by Crippen LogP contribution is 2.53. The van der Waals surface area contributed by atoms with Gasteiger partial charge in [0.2, 0.25) is 5.72 Å². The second-order valence-corrected chi connectivity index (χ2v) is 9.17. The number of rotatable bonds is 1. The lowest BCUT2D eigenvalue weighted by Crippen LogP contribution is -2.56. The molecule has 2 aromatic rings. The number of benzene rings is 1. The van der Waals surface area contributed by atoms with Gasteiger partial charge < -0.3 is 9.84 Å². The van der Waals surface area contributed by atoms with Gasteiger partial charge >= 0.3 is 0 Å². The van der Waals surface area contributed by atoms with Crippen molar-refractivity contribution < 1.29 is 9.84 Å². The number of hydrogen-bond acceptors (Lipinski definition) is 5. The van der Waals surface area contributed by atoms with E-state index in [-0.39, 0.29) is 11.5 Å². The van der Waals surface area contributed by atoms with Crippen molar-refractivity contribution in [3.63, 3.8) is 0 Å². The molecule has 1 aromatic carbocycles. The van der Waals surface area contributed by atoms with Gasteiger partial charge in [-0.15, -0.1) is 11.3 Å². The van der Waals surface area contributed by atoms with E-state index < -0.39 is 5.72 Å². The van der Waals surface area contributed by atoms with E-state index in [1.807, 2.05) is 18.2 Å². The molecule has 4 nitrogen and oxygen atoms in total. The summed E-state index contributed by atoms with van der Waals surface area (Å²) in [6.45, 7) is 4.35. The lowest BCUT2D eigenvalue weighted by molar-refractivity contribution is -0.115. The fraction of sp³-hybridized carbons (Fsp3) is 0.381. The van der Waals surface area contributed by atoms with Crippen molar-refractivity contribution in [2.45, 2.75) is 44.9 Å². The maximum atomic E-state index is 10.5. The Labute approximate surface area is 157 Å². The van der Waals surface area contributed by atoms with Crippen LogP contribution in [0.4, 0.5) is 0 Å². The summed E-state index contributed by atoms with van der Waals surface area (Å²) in [6, 6.07) is 12.5. The van der Waals surface area contributed by atoms with Crippen LogP contribution in [-0.2, 0) is 0 Å². The summed E-state index contributed by atoms with van der Waals surface area (Å²) in [5, 5.41) is 19.7. The molecule has 0 fully saturated rings. The number of ether oxygens (including phenoxy) is 1. The standard InChI is InChI=1S/C21H22N2O2S/c1-20(2)11-14(24)12-21(13-20)23-17(15-6-3-4-7-18(15)25-21)10-16(22-23)19-8-5-9-26-19/h3-9,12,17,24H,10-11,13H2,1-2H3. The van der Waals surface area contributed by atoms with Gasteiger partial charge in [0.05, 0.1) is 22.4 Å². The van der Waals surface area contributed by atoms with E-state index in [1.54, 1.807) is 11.3 Å². The van der Waals surface area contributed by atoms with Gasteiger partial charge in [0.25, 0.3) is 0 Å². The summed E-state index contributed by atoms with van der Waals surface area (Å²) in [6.07, 6.45) is 4.19. The van der Waals surface area contributed by atoms with E-state index in [9.17, 15) is 5.11 Å². The fourth-order valence-electron chi connectivity index (χ4n) is 4.59. The molecule has 2 unspecified atom stereocenters. The molecule has 3 aliphatic rings. The number of hydrogen-bond donors (Lipinski definition) is 1. The quantitative estimate of drug-likeness (QED) is 0.750. The van der Waals surface area contributed by atoms with Gasteiger partial charge in [0.1, 0.15) is 5.75 Å². The monoisotopic (exact) mass is 366 g/mol. The van der Waals surface area contributed by atoms with Gasteiger partial charge in [0.15, 0.2) is 0 Å². The third kappa shape index (κ3) is 2.37. The van der Waals surface area contributed by atoms with Gasteiger partial charge in [-0.05, 0) is 22.9 Å². The Morgan fingerprint density at radius 2 is 2.08 bits per heavy atom. The Kier molecular flexibility index (Phi) is 3.29. The third-order valence-electron chi connectivity index (χ3n) is 5.45. The zero-order valence-corrected chi connectivity index (χ0v) is 15.8. The van der Waals surface area contributed by atoms with E-state index in [0.717, 1.165) is 24.3 Å². The highest BCUT2D eigenvalue weighted by atomic mass is 32.1. The first-order valence-corrected chi connectivity index (χ1v) is 9.93. The number of aliphatic hydroxyl groups excluding tert-OH is 1. The van der Waals surface area contributed by atoms with Crippen LogP contribution in [0.2, 0.25) is 0 Å². The minimum atomic E-state index is -0.732. The highest BCUT2D eigenvalue weighted by molar-refractivity contribution is 7.12. The lowest BCUT2D eigenvalue weighted by Gasteiger charge is -2.50. The normalized spacial score (nSPS) is 28.8. The zero-order chi connectivity index (χ0) is 17.9. The van der Waals surface area contributed by atoms with Crippen LogP contribution in [0.3, 0.4) is 0 Å². The number of fused-ring (bicyclic) bond motifs is 4. The number of thiophene rings is 1. The molecule has 134 valence electrons. The Balaban J connectivity index is 1.67.